The Morgan fingerprint density at radius 1 is 1.56 bits per heavy atom. The van der Waals surface area contributed by atoms with Crippen molar-refractivity contribution in [3.05, 3.63) is 28.8 Å². The first kappa shape index (κ1) is 10.8. The van der Waals surface area contributed by atoms with E-state index in [1.807, 2.05) is 4.90 Å². The summed E-state index contributed by atoms with van der Waals surface area (Å²) < 4.78 is 0. The molecule has 82 valence electrons. The van der Waals surface area contributed by atoms with Gasteiger partial charge in [-0.3, -0.25) is 4.79 Å². The summed E-state index contributed by atoms with van der Waals surface area (Å²) in [5, 5.41) is 18.2. The summed E-state index contributed by atoms with van der Waals surface area (Å²) in [5.41, 5.74) is 1.24. The largest absolute Gasteiger partial charge is 0.481 e. The summed E-state index contributed by atoms with van der Waals surface area (Å²) in [6.07, 6.45) is 0. The Bertz CT molecular complexity index is 475. The van der Waals surface area contributed by atoms with E-state index < -0.39 is 5.97 Å². The normalized spacial score (nSPS) is 15.4. The van der Waals surface area contributed by atoms with Gasteiger partial charge in [-0.15, -0.1) is 0 Å². The van der Waals surface area contributed by atoms with E-state index >= 15 is 0 Å². The summed E-state index contributed by atoms with van der Waals surface area (Å²) in [5.74, 6) is -1.12. The van der Waals surface area contributed by atoms with Gasteiger partial charge in [0.1, 0.15) is 6.07 Å². The summed E-state index contributed by atoms with van der Waals surface area (Å²) in [6, 6.07) is 7.09. The zero-order chi connectivity index (χ0) is 11.7. The molecule has 4 nitrogen and oxygen atoms in total. The Balaban J connectivity index is 2.18. The van der Waals surface area contributed by atoms with Gasteiger partial charge in [0.05, 0.1) is 17.2 Å². The van der Waals surface area contributed by atoms with Crippen LogP contribution >= 0.6 is 11.6 Å². The molecule has 16 heavy (non-hydrogen) atoms. The maximum atomic E-state index is 10.7. The Hall–Kier alpha value is -1.73. The fourth-order valence-electron chi connectivity index (χ4n) is 1.71. The van der Waals surface area contributed by atoms with Crippen molar-refractivity contribution in [2.45, 2.75) is 0 Å². The molecule has 0 spiro atoms. The molecule has 1 fully saturated rings. The number of rotatable bonds is 2. The molecule has 1 N–H and O–H groups in total. The second-order valence-electron chi connectivity index (χ2n) is 3.71. The molecular formula is C11H9ClN2O2. The summed E-state index contributed by atoms with van der Waals surface area (Å²) >= 11 is 5.78. The molecule has 1 aliphatic rings. The lowest BCUT2D eigenvalue weighted by atomic mass is 9.98. The molecule has 0 unspecified atom stereocenters. The number of carboxylic acid groups (broad SMARTS) is 1. The Morgan fingerprint density at radius 2 is 2.25 bits per heavy atom. The van der Waals surface area contributed by atoms with Crippen molar-refractivity contribution >= 4 is 23.3 Å². The first-order chi connectivity index (χ1) is 7.61. The van der Waals surface area contributed by atoms with Crippen LogP contribution in [0.3, 0.4) is 0 Å². The number of nitriles is 1. The van der Waals surface area contributed by atoms with Crippen LogP contribution < -0.4 is 4.90 Å². The maximum absolute atomic E-state index is 10.7. The summed E-state index contributed by atoms with van der Waals surface area (Å²) in [6.45, 7) is 0.900. The highest BCUT2D eigenvalue weighted by molar-refractivity contribution is 6.30. The van der Waals surface area contributed by atoms with Crippen LogP contribution in [0.4, 0.5) is 5.69 Å². The molecular weight excluding hydrogens is 228 g/mol. The predicted molar refractivity (Wildman–Crippen MR) is 59.5 cm³/mol. The van der Waals surface area contributed by atoms with Gasteiger partial charge < -0.3 is 10.0 Å². The van der Waals surface area contributed by atoms with Crippen molar-refractivity contribution in [1.82, 2.24) is 0 Å². The van der Waals surface area contributed by atoms with Gasteiger partial charge in [0.2, 0.25) is 0 Å². The van der Waals surface area contributed by atoms with Crippen LogP contribution in [0.1, 0.15) is 5.56 Å². The van der Waals surface area contributed by atoms with Crippen LogP contribution in [-0.4, -0.2) is 24.2 Å². The number of hydrogen-bond acceptors (Lipinski definition) is 3. The summed E-state index contributed by atoms with van der Waals surface area (Å²) in [4.78, 5) is 12.5. The molecule has 2 rings (SSSR count). The first-order valence-corrected chi connectivity index (χ1v) is 5.17. The average molecular weight is 237 g/mol. The fraction of sp³-hybridized carbons (Fsp3) is 0.273. The zero-order valence-corrected chi connectivity index (χ0v) is 9.11. The van der Waals surface area contributed by atoms with Gasteiger partial charge in [-0.05, 0) is 18.2 Å². The lowest BCUT2D eigenvalue weighted by Gasteiger charge is -2.39. The Kier molecular flexibility index (Phi) is 2.71. The molecule has 5 heteroatoms. The lowest BCUT2D eigenvalue weighted by molar-refractivity contribution is -0.142. The van der Waals surface area contributed by atoms with Gasteiger partial charge in [-0.1, -0.05) is 11.6 Å². The molecule has 1 aliphatic heterocycles. The number of aliphatic carboxylic acids is 1. The molecule has 0 amide bonds. The molecule has 1 saturated heterocycles. The van der Waals surface area contributed by atoms with E-state index in [1.54, 1.807) is 18.2 Å². The number of carbonyl (C=O) groups is 1. The van der Waals surface area contributed by atoms with Crippen LogP contribution in [0.5, 0.6) is 0 Å². The second kappa shape index (κ2) is 4.03. The number of hydrogen-bond donors (Lipinski definition) is 1. The average Bonchev–Trinajstić information content (AvgIpc) is 2.17. The molecule has 1 aromatic carbocycles. The number of benzene rings is 1. The Labute approximate surface area is 97.7 Å². The van der Waals surface area contributed by atoms with Crippen molar-refractivity contribution in [3.8, 4) is 6.07 Å². The lowest BCUT2D eigenvalue weighted by Crippen LogP contribution is -2.50. The van der Waals surface area contributed by atoms with Crippen molar-refractivity contribution in [1.29, 1.82) is 5.26 Å². The van der Waals surface area contributed by atoms with E-state index in [0.717, 1.165) is 5.69 Å². The minimum atomic E-state index is -0.788. The third-order valence-corrected chi connectivity index (χ3v) is 2.89. The van der Waals surface area contributed by atoms with Gasteiger partial charge in [0.25, 0.3) is 0 Å². The van der Waals surface area contributed by atoms with Crippen LogP contribution in [0.2, 0.25) is 5.02 Å². The highest BCUT2D eigenvalue weighted by atomic mass is 35.5. The third kappa shape index (κ3) is 1.82. The van der Waals surface area contributed by atoms with Gasteiger partial charge in [0, 0.05) is 18.1 Å². The second-order valence-corrected chi connectivity index (χ2v) is 4.15. The fourth-order valence-corrected chi connectivity index (χ4v) is 1.88. The van der Waals surface area contributed by atoms with Gasteiger partial charge in [-0.2, -0.15) is 5.26 Å². The first-order valence-electron chi connectivity index (χ1n) is 4.79. The molecule has 0 bridgehead atoms. The van der Waals surface area contributed by atoms with E-state index in [9.17, 15) is 4.79 Å². The van der Waals surface area contributed by atoms with Crippen LogP contribution in [-0.2, 0) is 4.79 Å². The van der Waals surface area contributed by atoms with Crippen LogP contribution in [0, 0.1) is 17.2 Å². The topological polar surface area (TPSA) is 64.3 Å². The van der Waals surface area contributed by atoms with Gasteiger partial charge in [-0.25, -0.2) is 0 Å². The number of carboxylic acids is 1. The molecule has 0 radical (unpaired) electrons. The molecule has 0 atom stereocenters. The van der Waals surface area contributed by atoms with Crippen molar-refractivity contribution < 1.29 is 9.90 Å². The molecule has 0 aromatic heterocycles. The number of anilines is 1. The molecule has 0 aliphatic carbocycles. The van der Waals surface area contributed by atoms with E-state index in [0.29, 0.717) is 23.7 Å². The van der Waals surface area contributed by atoms with E-state index in [1.165, 1.54) is 0 Å². The minimum absolute atomic E-state index is 0.331. The van der Waals surface area contributed by atoms with E-state index in [2.05, 4.69) is 6.07 Å². The predicted octanol–water partition coefficient (Wildman–Crippen LogP) is 1.73. The Morgan fingerprint density at radius 3 is 2.81 bits per heavy atom. The van der Waals surface area contributed by atoms with E-state index in [-0.39, 0.29) is 5.92 Å². The summed E-state index contributed by atoms with van der Waals surface area (Å²) in [7, 11) is 0. The van der Waals surface area contributed by atoms with Crippen LogP contribution in [0.25, 0.3) is 0 Å². The third-order valence-electron chi connectivity index (χ3n) is 2.65. The standard InChI is InChI=1S/C11H9ClN2O2/c12-9-1-2-10(7(3-9)4-13)14-5-8(6-14)11(15)16/h1-3,8H,5-6H2,(H,15,16). The van der Waals surface area contributed by atoms with Gasteiger partial charge >= 0.3 is 5.97 Å². The molecule has 0 saturated carbocycles. The van der Waals surface area contributed by atoms with Crippen molar-refractivity contribution in [2.24, 2.45) is 5.92 Å². The monoisotopic (exact) mass is 236 g/mol. The quantitative estimate of drug-likeness (QED) is 0.850. The highest BCUT2D eigenvalue weighted by Gasteiger charge is 2.33. The van der Waals surface area contributed by atoms with Crippen molar-refractivity contribution in [3.63, 3.8) is 0 Å². The van der Waals surface area contributed by atoms with Crippen LogP contribution in [0.15, 0.2) is 18.2 Å². The smallest absolute Gasteiger partial charge is 0.310 e. The molecule has 1 heterocycles. The number of nitrogens with zero attached hydrogens (tertiary/aromatic N) is 2. The maximum Gasteiger partial charge on any atom is 0.310 e. The minimum Gasteiger partial charge on any atom is -0.481 e. The van der Waals surface area contributed by atoms with E-state index in [4.69, 9.17) is 22.0 Å². The number of halogens is 1. The van der Waals surface area contributed by atoms with Gasteiger partial charge in [0.15, 0.2) is 0 Å². The zero-order valence-electron chi connectivity index (χ0n) is 8.35. The SMILES string of the molecule is N#Cc1cc(Cl)ccc1N1CC(C(=O)O)C1. The van der Waals surface area contributed by atoms with Crippen molar-refractivity contribution in [2.75, 3.05) is 18.0 Å². The molecule has 1 aromatic rings. The highest BCUT2D eigenvalue weighted by Crippen LogP contribution is 2.29.